The number of benzene rings is 2. The van der Waals surface area contributed by atoms with E-state index in [9.17, 15) is 0 Å². The first-order valence-corrected chi connectivity index (χ1v) is 5.49. The number of hydrogen-bond donors (Lipinski definition) is 2. The molecule has 0 aliphatic carbocycles. The van der Waals surface area contributed by atoms with Crippen LogP contribution in [0.4, 0.5) is 0 Å². The van der Waals surface area contributed by atoms with E-state index in [4.69, 9.17) is 5.11 Å². The summed E-state index contributed by atoms with van der Waals surface area (Å²) in [4.78, 5) is 3.40. The molecule has 0 spiro atoms. The fraction of sp³-hybridized carbons (Fsp3) is 0.143. The molecule has 80 valence electrons. The van der Waals surface area contributed by atoms with E-state index in [1.807, 2.05) is 18.2 Å². The summed E-state index contributed by atoms with van der Waals surface area (Å²) >= 11 is 0. The predicted octanol–water partition coefficient (Wildman–Crippen LogP) is 2.86. The van der Waals surface area contributed by atoms with Crippen LogP contribution in [0.5, 0.6) is 0 Å². The average Bonchev–Trinajstić information content (AvgIpc) is 2.68. The average molecular weight is 211 g/mol. The summed E-state index contributed by atoms with van der Waals surface area (Å²) in [6.45, 7) is 0.193. The first-order chi connectivity index (χ1) is 7.90. The molecule has 0 bridgehead atoms. The van der Waals surface area contributed by atoms with Gasteiger partial charge < -0.3 is 10.1 Å². The van der Waals surface area contributed by atoms with E-state index < -0.39 is 0 Å². The molecule has 0 amide bonds. The summed E-state index contributed by atoms with van der Waals surface area (Å²) in [5, 5.41) is 11.6. The molecule has 0 aliphatic rings. The second-order valence-electron chi connectivity index (χ2n) is 3.98. The van der Waals surface area contributed by atoms with Gasteiger partial charge in [-0.3, -0.25) is 0 Å². The second-order valence-corrected chi connectivity index (χ2v) is 3.98. The van der Waals surface area contributed by atoms with Gasteiger partial charge in [-0.1, -0.05) is 30.3 Å². The van der Waals surface area contributed by atoms with Crippen molar-refractivity contribution in [2.24, 2.45) is 0 Å². The third kappa shape index (κ3) is 1.31. The number of aromatic nitrogens is 1. The number of hydrogen-bond acceptors (Lipinski definition) is 1. The Morgan fingerprint density at radius 1 is 0.938 bits per heavy atom. The van der Waals surface area contributed by atoms with Crippen molar-refractivity contribution in [3.8, 4) is 0 Å². The third-order valence-electron chi connectivity index (χ3n) is 3.00. The lowest BCUT2D eigenvalue weighted by atomic mass is 10.0. The highest BCUT2D eigenvalue weighted by Gasteiger charge is 2.07. The standard InChI is InChI=1S/C14H13NO/c16-9-8-10-4-3-7-13-14(10)11-5-1-2-6-12(11)15-13/h1-7,15-16H,8-9H2. The van der Waals surface area contributed by atoms with Crippen molar-refractivity contribution in [3.05, 3.63) is 48.0 Å². The van der Waals surface area contributed by atoms with Crippen molar-refractivity contribution < 1.29 is 5.11 Å². The minimum Gasteiger partial charge on any atom is -0.396 e. The molecule has 3 rings (SSSR count). The lowest BCUT2D eigenvalue weighted by molar-refractivity contribution is 0.300. The van der Waals surface area contributed by atoms with Gasteiger partial charge in [-0.25, -0.2) is 0 Å². The Balaban J connectivity index is 2.43. The first kappa shape index (κ1) is 9.43. The summed E-state index contributed by atoms with van der Waals surface area (Å²) in [6.07, 6.45) is 0.708. The second kappa shape index (κ2) is 3.65. The van der Waals surface area contributed by atoms with Gasteiger partial charge in [0, 0.05) is 28.4 Å². The van der Waals surface area contributed by atoms with Crippen molar-refractivity contribution in [2.75, 3.05) is 6.61 Å². The van der Waals surface area contributed by atoms with Gasteiger partial charge in [0.1, 0.15) is 0 Å². The molecule has 0 unspecified atom stereocenters. The van der Waals surface area contributed by atoms with E-state index in [0.29, 0.717) is 6.42 Å². The smallest absolute Gasteiger partial charge is 0.0471 e. The zero-order valence-electron chi connectivity index (χ0n) is 8.90. The maximum atomic E-state index is 9.08. The molecule has 0 fully saturated rings. The van der Waals surface area contributed by atoms with Crippen molar-refractivity contribution in [1.82, 2.24) is 4.98 Å². The summed E-state index contributed by atoms with van der Waals surface area (Å²) in [5.41, 5.74) is 3.51. The fourth-order valence-electron chi connectivity index (χ4n) is 2.31. The van der Waals surface area contributed by atoms with Crippen molar-refractivity contribution in [1.29, 1.82) is 0 Å². The topological polar surface area (TPSA) is 36.0 Å². The van der Waals surface area contributed by atoms with E-state index in [1.54, 1.807) is 0 Å². The van der Waals surface area contributed by atoms with Crippen molar-refractivity contribution in [2.45, 2.75) is 6.42 Å². The number of nitrogens with one attached hydrogen (secondary N) is 1. The Hall–Kier alpha value is -1.80. The number of aliphatic hydroxyl groups is 1. The zero-order valence-corrected chi connectivity index (χ0v) is 8.90. The van der Waals surface area contributed by atoms with E-state index in [2.05, 4.69) is 29.2 Å². The molecule has 2 aromatic carbocycles. The number of aromatic amines is 1. The van der Waals surface area contributed by atoms with Gasteiger partial charge >= 0.3 is 0 Å². The van der Waals surface area contributed by atoms with Crippen LogP contribution < -0.4 is 0 Å². The summed E-state index contributed by atoms with van der Waals surface area (Å²) in [7, 11) is 0. The van der Waals surface area contributed by atoms with Gasteiger partial charge in [-0.2, -0.15) is 0 Å². The molecule has 1 aromatic heterocycles. The van der Waals surface area contributed by atoms with Crippen LogP contribution in [0.3, 0.4) is 0 Å². The predicted molar refractivity (Wildman–Crippen MR) is 66.6 cm³/mol. The normalized spacial score (nSPS) is 11.3. The molecule has 16 heavy (non-hydrogen) atoms. The Bertz CT molecular complexity index is 639. The summed E-state index contributed by atoms with van der Waals surface area (Å²) in [5.74, 6) is 0. The lowest BCUT2D eigenvalue weighted by Crippen LogP contribution is -1.90. The third-order valence-corrected chi connectivity index (χ3v) is 3.00. The summed E-state index contributed by atoms with van der Waals surface area (Å²) in [6, 6.07) is 14.5. The van der Waals surface area contributed by atoms with Gasteiger partial charge in [0.15, 0.2) is 0 Å². The molecular weight excluding hydrogens is 198 g/mol. The SMILES string of the molecule is OCCc1cccc2[nH]c3ccccc3c12. The molecule has 0 atom stereocenters. The fourth-order valence-corrected chi connectivity index (χ4v) is 2.31. The maximum absolute atomic E-state index is 9.08. The molecule has 0 saturated carbocycles. The Morgan fingerprint density at radius 3 is 2.62 bits per heavy atom. The number of para-hydroxylation sites is 1. The van der Waals surface area contributed by atoms with Crippen LogP contribution in [0, 0.1) is 0 Å². The van der Waals surface area contributed by atoms with Gasteiger partial charge in [-0.15, -0.1) is 0 Å². The van der Waals surface area contributed by atoms with Crippen LogP contribution >= 0.6 is 0 Å². The van der Waals surface area contributed by atoms with Crippen LogP contribution in [0.25, 0.3) is 21.8 Å². The summed E-state index contributed by atoms with van der Waals surface area (Å²) < 4.78 is 0. The van der Waals surface area contributed by atoms with Gasteiger partial charge in [0.25, 0.3) is 0 Å². The largest absolute Gasteiger partial charge is 0.396 e. The monoisotopic (exact) mass is 211 g/mol. The van der Waals surface area contributed by atoms with Crippen LogP contribution in [0.15, 0.2) is 42.5 Å². The molecule has 1 heterocycles. The zero-order chi connectivity index (χ0) is 11.0. The molecule has 2 heteroatoms. The van der Waals surface area contributed by atoms with E-state index in [0.717, 1.165) is 11.0 Å². The molecule has 0 radical (unpaired) electrons. The van der Waals surface area contributed by atoms with Crippen molar-refractivity contribution >= 4 is 21.8 Å². The molecule has 0 aliphatic heterocycles. The number of rotatable bonds is 2. The van der Waals surface area contributed by atoms with E-state index in [1.165, 1.54) is 16.3 Å². The maximum Gasteiger partial charge on any atom is 0.0471 e. The van der Waals surface area contributed by atoms with Crippen LogP contribution in [0.2, 0.25) is 0 Å². The Morgan fingerprint density at radius 2 is 1.75 bits per heavy atom. The van der Waals surface area contributed by atoms with Crippen LogP contribution in [-0.2, 0) is 6.42 Å². The molecule has 2 N–H and O–H groups in total. The number of aliphatic hydroxyl groups excluding tert-OH is 1. The number of H-pyrrole nitrogens is 1. The lowest BCUT2D eigenvalue weighted by Gasteiger charge is -2.00. The van der Waals surface area contributed by atoms with E-state index in [-0.39, 0.29) is 6.61 Å². The highest BCUT2D eigenvalue weighted by Crippen LogP contribution is 2.28. The number of fused-ring (bicyclic) bond motifs is 3. The molecule has 3 aromatic rings. The van der Waals surface area contributed by atoms with Gasteiger partial charge in [0.2, 0.25) is 0 Å². The van der Waals surface area contributed by atoms with Crippen LogP contribution in [0.1, 0.15) is 5.56 Å². The van der Waals surface area contributed by atoms with E-state index >= 15 is 0 Å². The minimum atomic E-state index is 0.193. The van der Waals surface area contributed by atoms with Gasteiger partial charge in [-0.05, 0) is 24.1 Å². The minimum absolute atomic E-state index is 0.193. The van der Waals surface area contributed by atoms with Crippen molar-refractivity contribution in [3.63, 3.8) is 0 Å². The Labute approximate surface area is 93.5 Å². The highest BCUT2D eigenvalue weighted by atomic mass is 16.2. The van der Waals surface area contributed by atoms with Gasteiger partial charge in [0.05, 0.1) is 0 Å². The molecule has 2 nitrogen and oxygen atoms in total. The Kier molecular flexibility index (Phi) is 2.15. The van der Waals surface area contributed by atoms with Crippen LogP contribution in [-0.4, -0.2) is 16.7 Å². The quantitative estimate of drug-likeness (QED) is 0.671. The molecular formula is C14H13NO. The first-order valence-electron chi connectivity index (χ1n) is 5.49. The molecule has 0 saturated heterocycles. The highest BCUT2D eigenvalue weighted by molar-refractivity contribution is 6.08.